The van der Waals surface area contributed by atoms with Crippen molar-refractivity contribution in [3.63, 3.8) is 0 Å². The quantitative estimate of drug-likeness (QED) is 0.659. The van der Waals surface area contributed by atoms with Crippen LogP contribution in [-0.2, 0) is 26.1 Å². The van der Waals surface area contributed by atoms with Crippen molar-refractivity contribution in [2.24, 2.45) is 0 Å². The molecule has 0 aliphatic rings. The van der Waals surface area contributed by atoms with Crippen LogP contribution in [0.2, 0.25) is 0 Å². The summed E-state index contributed by atoms with van der Waals surface area (Å²) in [7, 11) is -2.19. The Hall–Kier alpha value is -2.78. The largest absolute Gasteiger partial charge is 0.452 e. The highest BCUT2D eigenvalue weighted by atomic mass is 32.2. The van der Waals surface area contributed by atoms with Crippen molar-refractivity contribution in [1.82, 2.24) is 9.62 Å². The summed E-state index contributed by atoms with van der Waals surface area (Å²) >= 11 is 0. The number of likely N-dealkylation sites (N-methyl/N-ethyl adjacent to an activating group) is 1. The first-order valence-corrected chi connectivity index (χ1v) is 10.4. The Bertz CT molecular complexity index is 990. The lowest BCUT2D eigenvalue weighted by Crippen LogP contribution is -2.31. The molecule has 29 heavy (non-hydrogen) atoms. The summed E-state index contributed by atoms with van der Waals surface area (Å²) in [5.41, 5.74) is 1.32. The van der Waals surface area contributed by atoms with Gasteiger partial charge in [-0.05, 0) is 42.3 Å². The molecule has 1 N–H and O–H groups in total. The molecule has 2 aromatic rings. The number of amides is 1. The van der Waals surface area contributed by atoms with Crippen LogP contribution in [0.25, 0.3) is 0 Å². The zero-order valence-electron chi connectivity index (χ0n) is 16.4. The van der Waals surface area contributed by atoms with E-state index in [1.54, 1.807) is 26.0 Å². The highest BCUT2D eigenvalue weighted by Crippen LogP contribution is 2.17. The van der Waals surface area contributed by atoms with Gasteiger partial charge in [0.05, 0.1) is 10.5 Å². The second kappa shape index (κ2) is 9.62. The Balaban J connectivity index is 2.02. The molecule has 0 aromatic heterocycles. The standard InChI is InChI=1S/C20H23FN2O5S/c1-4-22-29(26,27)17-10-5-14(2)18(11-17)20(25)28-13-19(24)23(3)12-15-6-8-16(21)9-7-15/h5-11,22H,4,12-13H2,1-3H3. The third kappa shape index (κ3) is 6.10. The molecule has 156 valence electrons. The van der Waals surface area contributed by atoms with E-state index in [4.69, 9.17) is 4.74 Å². The van der Waals surface area contributed by atoms with Gasteiger partial charge in [0.25, 0.3) is 5.91 Å². The Labute approximate surface area is 169 Å². The minimum Gasteiger partial charge on any atom is -0.452 e. The number of carbonyl (C=O) groups is 2. The second-order valence-corrected chi connectivity index (χ2v) is 8.20. The summed E-state index contributed by atoms with van der Waals surface area (Å²) < 4.78 is 44.6. The first-order valence-electron chi connectivity index (χ1n) is 8.90. The maximum Gasteiger partial charge on any atom is 0.338 e. The summed E-state index contributed by atoms with van der Waals surface area (Å²) in [6.07, 6.45) is 0. The second-order valence-electron chi connectivity index (χ2n) is 6.43. The fourth-order valence-corrected chi connectivity index (χ4v) is 3.60. The van der Waals surface area contributed by atoms with Gasteiger partial charge in [-0.1, -0.05) is 25.1 Å². The van der Waals surface area contributed by atoms with E-state index >= 15 is 0 Å². The van der Waals surface area contributed by atoms with Gasteiger partial charge in [0, 0.05) is 20.1 Å². The summed E-state index contributed by atoms with van der Waals surface area (Å²) in [5.74, 6) is -1.61. The van der Waals surface area contributed by atoms with Gasteiger partial charge in [-0.3, -0.25) is 4.79 Å². The number of esters is 1. The van der Waals surface area contributed by atoms with Gasteiger partial charge < -0.3 is 9.64 Å². The predicted octanol–water partition coefficient (Wildman–Crippen LogP) is 2.25. The van der Waals surface area contributed by atoms with Crippen LogP contribution < -0.4 is 4.72 Å². The molecule has 0 unspecified atom stereocenters. The lowest BCUT2D eigenvalue weighted by molar-refractivity contribution is -0.133. The molecular weight excluding hydrogens is 399 g/mol. The molecule has 1 amide bonds. The van der Waals surface area contributed by atoms with E-state index < -0.39 is 28.5 Å². The fourth-order valence-electron chi connectivity index (χ4n) is 2.53. The number of carbonyl (C=O) groups excluding carboxylic acids is 2. The number of nitrogens with zero attached hydrogens (tertiary/aromatic N) is 1. The molecule has 0 heterocycles. The summed E-state index contributed by atoms with van der Waals surface area (Å²) in [6, 6.07) is 9.84. The van der Waals surface area contributed by atoms with E-state index in [-0.39, 0.29) is 29.4 Å². The van der Waals surface area contributed by atoms with E-state index in [1.165, 1.54) is 42.3 Å². The van der Waals surface area contributed by atoms with Gasteiger partial charge in [-0.2, -0.15) is 0 Å². The lowest BCUT2D eigenvalue weighted by atomic mass is 10.1. The van der Waals surface area contributed by atoms with E-state index in [2.05, 4.69) is 4.72 Å². The van der Waals surface area contributed by atoms with Crippen molar-refractivity contribution in [2.45, 2.75) is 25.3 Å². The number of hydrogen-bond donors (Lipinski definition) is 1. The highest BCUT2D eigenvalue weighted by Gasteiger charge is 2.19. The van der Waals surface area contributed by atoms with Gasteiger partial charge in [-0.15, -0.1) is 0 Å². The predicted molar refractivity (Wildman–Crippen MR) is 105 cm³/mol. The maximum absolute atomic E-state index is 13.0. The van der Waals surface area contributed by atoms with E-state index in [1.807, 2.05) is 0 Å². The van der Waals surface area contributed by atoms with E-state index in [9.17, 15) is 22.4 Å². The van der Waals surface area contributed by atoms with Crippen molar-refractivity contribution in [1.29, 1.82) is 0 Å². The summed E-state index contributed by atoms with van der Waals surface area (Å²) in [4.78, 5) is 25.9. The first-order chi connectivity index (χ1) is 13.6. The van der Waals surface area contributed by atoms with Crippen molar-refractivity contribution < 1.29 is 27.1 Å². The third-order valence-electron chi connectivity index (χ3n) is 4.16. The molecule has 0 aliphatic heterocycles. The van der Waals surface area contributed by atoms with Gasteiger partial charge in [0.2, 0.25) is 10.0 Å². The van der Waals surface area contributed by atoms with Gasteiger partial charge in [0.15, 0.2) is 6.61 Å². The van der Waals surface area contributed by atoms with Crippen molar-refractivity contribution in [3.05, 3.63) is 65.0 Å². The average Bonchev–Trinajstić information content (AvgIpc) is 2.67. The minimum absolute atomic E-state index is 0.0587. The van der Waals surface area contributed by atoms with Gasteiger partial charge in [0.1, 0.15) is 5.82 Å². The van der Waals surface area contributed by atoms with Gasteiger partial charge in [-0.25, -0.2) is 22.3 Å². The van der Waals surface area contributed by atoms with E-state index in [0.717, 1.165) is 5.56 Å². The Morgan fingerprint density at radius 2 is 1.79 bits per heavy atom. The zero-order chi connectivity index (χ0) is 21.6. The van der Waals surface area contributed by atoms with E-state index in [0.29, 0.717) is 5.56 Å². The van der Waals surface area contributed by atoms with Crippen LogP contribution in [-0.4, -0.2) is 45.4 Å². The lowest BCUT2D eigenvalue weighted by Gasteiger charge is -2.17. The van der Waals surface area contributed by atoms with Crippen molar-refractivity contribution in [2.75, 3.05) is 20.2 Å². The van der Waals surface area contributed by atoms with Crippen LogP contribution in [0.5, 0.6) is 0 Å². The Morgan fingerprint density at radius 3 is 2.41 bits per heavy atom. The number of sulfonamides is 1. The van der Waals surface area contributed by atoms with Crippen molar-refractivity contribution in [3.8, 4) is 0 Å². The molecule has 0 saturated heterocycles. The summed E-state index contributed by atoms with van der Waals surface area (Å²) in [6.45, 7) is 3.23. The normalized spacial score (nSPS) is 11.2. The number of benzene rings is 2. The topological polar surface area (TPSA) is 92.8 Å². The van der Waals surface area contributed by atoms with Gasteiger partial charge >= 0.3 is 5.97 Å². The molecule has 2 aromatic carbocycles. The Kier molecular flexibility index (Phi) is 7.46. The minimum atomic E-state index is -3.73. The first kappa shape index (κ1) is 22.5. The molecule has 0 radical (unpaired) electrons. The Morgan fingerprint density at radius 1 is 1.14 bits per heavy atom. The monoisotopic (exact) mass is 422 g/mol. The number of hydrogen-bond acceptors (Lipinski definition) is 5. The fraction of sp³-hybridized carbons (Fsp3) is 0.300. The van der Waals surface area contributed by atoms with Crippen LogP contribution in [0.3, 0.4) is 0 Å². The van der Waals surface area contributed by atoms with Crippen LogP contribution in [0.4, 0.5) is 4.39 Å². The zero-order valence-corrected chi connectivity index (χ0v) is 17.3. The highest BCUT2D eigenvalue weighted by molar-refractivity contribution is 7.89. The molecule has 7 nitrogen and oxygen atoms in total. The molecule has 0 atom stereocenters. The molecule has 9 heteroatoms. The molecule has 2 rings (SSSR count). The maximum atomic E-state index is 13.0. The van der Waals surface area contributed by atoms with Crippen LogP contribution in [0.1, 0.15) is 28.4 Å². The number of nitrogens with one attached hydrogen (secondary N) is 1. The number of aryl methyl sites for hydroxylation is 1. The average molecular weight is 422 g/mol. The smallest absolute Gasteiger partial charge is 0.338 e. The molecule has 0 spiro atoms. The molecular formula is C20H23FN2O5S. The third-order valence-corrected chi connectivity index (χ3v) is 5.70. The van der Waals surface area contributed by atoms with Crippen LogP contribution >= 0.6 is 0 Å². The van der Waals surface area contributed by atoms with Crippen LogP contribution in [0.15, 0.2) is 47.4 Å². The van der Waals surface area contributed by atoms with Crippen molar-refractivity contribution >= 4 is 21.9 Å². The number of halogens is 1. The summed E-state index contributed by atoms with van der Waals surface area (Å²) in [5, 5.41) is 0. The molecule has 0 bridgehead atoms. The molecule has 0 aliphatic carbocycles. The number of rotatable bonds is 8. The SMILES string of the molecule is CCNS(=O)(=O)c1ccc(C)c(C(=O)OCC(=O)N(C)Cc2ccc(F)cc2)c1. The molecule has 0 saturated carbocycles. The molecule has 0 fully saturated rings. The van der Waals surface area contributed by atoms with Crippen LogP contribution in [0, 0.1) is 12.7 Å². The number of ether oxygens (including phenoxy) is 1.